The SMILES string of the molecule is C[Si](C)([C@@H]1C=Cc2ccccc21)[C@@H]1C=Cc2ccccc21. The molecule has 0 unspecified atom stereocenters. The summed E-state index contributed by atoms with van der Waals surface area (Å²) in [7, 11) is -1.51. The molecule has 21 heavy (non-hydrogen) atoms. The minimum atomic E-state index is -1.51. The summed E-state index contributed by atoms with van der Waals surface area (Å²) >= 11 is 0. The van der Waals surface area contributed by atoms with Gasteiger partial charge in [-0.3, -0.25) is 0 Å². The van der Waals surface area contributed by atoms with Gasteiger partial charge in [-0.2, -0.15) is 0 Å². The van der Waals surface area contributed by atoms with Crippen LogP contribution in [-0.2, 0) is 0 Å². The van der Waals surface area contributed by atoms with E-state index in [4.69, 9.17) is 0 Å². The summed E-state index contributed by atoms with van der Waals surface area (Å²) in [4.78, 5) is 0. The van der Waals surface area contributed by atoms with Crippen molar-refractivity contribution >= 4 is 20.2 Å². The van der Waals surface area contributed by atoms with Gasteiger partial charge in [-0.15, -0.1) is 0 Å². The molecule has 0 heterocycles. The van der Waals surface area contributed by atoms with Gasteiger partial charge in [0.25, 0.3) is 0 Å². The van der Waals surface area contributed by atoms with Crippen molar-refractivity contribution in [2.75, 3.05) is 0 Å². The third-order valence-electron chi connectivity index (χ3n) is 5.20. The molecule has 0 nitrogen and oxygen atoms in total. The van der Waals surface area contributed by atoms with Crippen molar-refractivity contribution in [1.82, 2.24) is 0 Å². The first-order valence-electron chi connectivity index (χ1n) is 7.72. The minimum Gasteiger partial charge on any atom is -0.0791 e. The van der Waals surface area contributed by atoms with E-state index >= 15 is 0 Å². The van der Waals surface area contributed by atoms with Crippen LogP contribution in [0.1, 0.15) is 33.3 Å². The lowest BCUT2D eigenvalue weighted by molar-refractivity contribution is 1.05. The van der Waals surface area contributed by atoms with Crippen LogP contribution in [0.3, 0.4) is 0 Å². The number of fused-ring (bicyclic) bond motifs is 2. The molecule has 0 fully saturated rings. The van der Waals surface area contributed by atoms with Crippen molar-refractivity contribution in [3.63, 3.8) is 0 Å². The Morgan fingerprint density at radius 3 is 1.57 bits per heavy atom. The van der Waals surface area contributed by atoms with E-state index in [2.05, 4.69) is 85.9 Å². The summed E-state index contributed by atoms with van der Waals surface area (Å²) in [5.74, 6) is 0. The van der Waals surface area contributed by atoms with Crippen LogP contribution < -0.4 is 0 Å². The number of benzene rings is 2. The summed E-state index contributed by atoms with van der Waals surface area (Å²) in [6.45, 7) is 5.09. The van der Waals surface area contributed by atoms with Crippen molar-refractivity contribution in [3.05, 3.63) is 82.9 Å². The van der Waals surface area contributed by atoms with Gasteiger partial charge in [0.15, 0.2) is 0 Å². The van der Waals surface area contributed by atoms with Gasteiger partial charge in [-0.25, -0.2) is 0 Å². The van der Waals surface area contributed by atoms with E-state index in [9.17, 15) is 0 Å². The molecule has 0 bridgehead atoms. The van der Waals surface area contributed by atoms with Gasteiger partial charge in [0, 0.05) is 0 Å². The quantitative estimate of drug-likeness (QED) is 0.650. The molecule has 2 aliphatic carbocycles. The molecule has 0 aromatic heterocycles. The molecule has 1 heteroatoms. The molecule has 0 saturated carbocycles. The highest BCUT2D eigenvalue weighted by Crippen LogP contribution is 2.46. The third-order valence-corrected chi connectivity index (χ3v) is 9.41. The molecule has 2 aromatic rings. The lowest BCUT2D eigenvalue weighted by atomic mass is 10.1. The Morgan fingerprint density at radius 1 is 0.667 bits per heavy atom. The van der Waals surface area contributed by atoms with E-state index in [1.54, 1.807) is 0 Å². The molecule has 0 amide bonds. The predicted molar refractivity (Wildman–Crippen MR) is 93.9 cm³/mol. The number of hydrogen-bond donors (Lipinski definition) is 0. The molecule has 2 aliphatic rings. The van der Waals surface area contributed by atoms with Gasteiger partial charge >= 0.3 is 0 Å². The second-order valence-electron chi connectivity index (χ2n) is 6.75. The topological polar surface area (TPSA) is 0 Å². The lowest BCUT2D eigenvalue weighted by Crippen LogP contribution is -2.39. The van der Waals surface area contributed by atoms with Crippen LogP contribution in [0.4, 0.5) is 0 Å². The molecule has 0 saturated heterocycles. The first-order chi connectivity index (χ1) is 10.2. The van der Waals surface area contributed by atoms with E-state index < -0.39 is 8.07 Å². The van der Waals surface area contributed by atoms with Crippen molar-refractivity contribution in [3.8, 4) is 0 Å². The molecule has 4 rings (SSSR count). The molecule has 2 atom stereocenters. The van der Waals surface area contributed by atoms with Gasteiger partial charge in [0.2, 0.25) is 0 Å². The van der Waals surface area contributed by atoms with Crippen molar-refractivity contribution in [2.24, 2.45) is 0 Å². The number of rotatable bonds is 2. The van der Waals surface area contributed by atoms with Gasteiger partial charge < -0.3 is 0 Å². The van der Waals surface area contributed by atoms with Crippen LogP contribution in [0.2, 0.25) is 13.1 Å². The summed E-state index contributed by atoms with van der Waals surface area (Å²) in [5.41, 5.74) is 7.14. The molecular formula is C20H20Si. The smallest absolute Gasteiger partial charge is 0.0715 e. The van der Waals surface area contributed by atoms with E-state index in [-0.39, 0.29) is 0 Å². The van der Waals surface area contributed by atoms with Crippen LogP contribution in [-0.4, -0.2) is 8.07 Å². The molecule has 104 valence electrons. The van der Waals surface area contributed by atoms with Crippen molar-refractivity contribution in [2.45, 2.75) is 24.2 Å². The van der Waals surface area contributed by atoms with Crippen LogP contribution >= 0.6 is 0 Å². The molecule has 0 radical (unpaired) electrons. The second kappa shape index (κ2) is 4.57. The summed E-state index contributed by atoms with van der Waals surface area (Å²) < 4.78 is 0. The molecule has 0 spiro atoms. The first-order valence-corrected chi connectivity index (χ1v) is 10.9. The normalized spacial score (nSPS) is 22.4. The predicted octanol–water partition coefficient (Wildman–Crippen LogP) is 5.39. The zero-order chi connectivity index (χ0) is 14.4. The van der Waals surface area contributed by atoms with E-state index in [0.717, 1.165) is 0 Å². The summed E-state index contributed by atoms with van der Waals surface area (Å²) in [6.07, 6.45) is 9.54. The van der Waals surface area contributed by atoms with Gasteiger partial charge in [-0.05, 0) is 33.3 Å². The minimum absolute atomic E-state index is 0.620. The fourth-order valence-electron chi connectivity index (χ4n) is 3.99. The van der Waals surface area contributed by atoms with Crippen LogP contribution in [0.15, 0.2) is 60.7 Å². The Balaban J connectivity index is 1.76. The standard InChI is InChI=1S/C20H20Si/c1-21(2,19-13-11-15-7-3-5-9-17(15)19)20-14-12-16-8-4-6-10-18(16)20/h3-14,19-20H,1-2H3/t19-,20-/m1/s1. The zero-order valence-corrected chi connectivity index (χ0v) is 13.6. The van der Waals surface area contributed by atoms with Crippen LogP contribution in [0.5, 0.6) is 0 Å². The number of allylic oxidation sites excluding steroid dienone is 2. The Bertz CT molecular complexity index is 688. The fourth-order valence-corrected chi connectivity index (χ4v) is 7.69. The van der Waals surface area contributed by atoms with Gasteiger partial charge in [0.1, 0.15) is 0 Å². The largest absolute Gasteiger partial charge is 0.0791 e. The maximum atomic E-state index is 2.54. The highest BCUT2D eigenvalue weighted by Gasteiger charge is 2.42. The Morgan fingerprint density at radius 2 is 1.10 bits per heavy atom. The molecule has 0 N–H and O–H groups in total. The molecule has 0 aliphatic heterocycles. The van der Waals surface area contributed by atoms with E-state index in [1.807, 2.05) is 0 Å². The van der Waals surface area contributed by atoms with E-state index in [0.29, 0.717) is 11.1 Å². The highest BCUT2D eigenvalue weighted by molar-refractivity contribution is 6.81. The van der Waals surface area contributed by atoms with Crippen LogP contribution in [0, 0.1) is 0 Å². The Kier molecular flexibility index (Phi) is 2.80. The fraction of sp³-hybridized carbons (Fsp3) is 0.200. The van der Waals surface area contributed by atoms with Gasteiger partial charge in [0.05, 0.1) is 8.07 Å². The average molecular weight is 288 g/mol. The van der Waals surface area contributed by atoms with Crippen molar-refractivity contribution in [1.29, 1.82) is 0 Å². The summed E-state index contributed by atoms with van der Waals surface area (Å²) in [6, 6.07) is 17.8. The highest BCUT2D eigenvalue weighted by atomic mass is 28.3. The monoisotopic (exact) mass is 288 g/mol. The average Bonchev–Trinajstić information content (AvgIpc) is 3.12. The maximum absolute atomic E-state index is 2.54. The molecule has 2 aromatic carbocycles. The van der Waals surface area contributed by atoms with Crippen LogP contribution in [0.25, 0.3) is 12.2 Å². The molecular weight excluding hydrogens is 268 g/mol. The zero-order valence-electron chi connectivity index (χ0n) is 12.6. The van der Waals surface area contributed by atoms with Gasteiger partial charge in [-0.1, -0.05) is 85.9 Å². The maximum Gasteiger partial charge on any atom is 0.0715 e. The Hall–Kier alpha value is -1.86. The van der Waals surface area contributed by atoms with E-state index in [1.165, 1.54) is 22.3 Å². The summed E-state index contributed by atoms with van der Waals surface area (Å²) in [5, 5.41) is 0. The second-order valence-corrected chi connectivity index (χ2v) is 11.6. The first kappa shape index (κ1) is 12.8. The van der Waals surface area contributed by atoms with Crippen molar-refractivity contribution < 1.29 is 0 Å². The Labute approximate surface area is 127 Å². The third kappa shape index (κ3) is 1.88. The number of hydrogen-bond acceptors (Lipinski definition) is 0. The lowest BCUT2D eigenvalue weighted by Gasteiger charge is -2.35.